The van der Waals surface area contributed by atoms with Crippen LogP contribution in [-0.4, -0.2) is 6.61 Å². The molecule has 0 fully saturated rings. The van der Waals surface area contributed by atoms with Gasteiger partial charge < -0.3 is 4.74 Å². The molecule has 2 nitrogen and oxygen atoms in total. The van der Waals surface area contributed by atoms with Crippen LogP contribution in [0.4, 0.5) is 0 Å². The summed E-state index contributed by atoms with van der Waals surface area (Å²) in [6.07, 6.45) is 1.74. The summed E-state index contributed by atoms with van der Waals surface area (Å²) in [5.74, 6) is 0.907. The monoisotopic (exact) mass is 373 g/mol. The van der Waals surface area contributed by atoms with Crippen molar-refractivity contribution in [1.82, 2.24) is 0 Å². The van der Waals surface area contributed by atoms with E-state index in [1.54, 1.807) is 0 Å². The van der Waals surface area contributed by atoms with Crippen LogP contribution in [0, 0.1) is 16.7 Å². The highest BCUT2D eigenvalue weighted by Crippen LogP contribution is 2.26. The third-order valence-electron chi connectivity index (χ3n) is 2.67. The minimum atomic E-state index is -0.263. The van der Waals surface area contributed by atoms with E-state index >= 15 is 0 Å². The Labute approximate surface area is 126 Å². The van der Waals surface area contributed by atoms with E-state index in [2.05, 4.69) is 37.9 Å². The average molecular weight is 375 g/mol. The lowest BCUT2D eigenvalue weighted by Crippen LogP contribution is -2.10. The number of ether oxygens (including phenoxy) is 1. The molecule has 4 heteroatoms. The van der Waals surface area contributed by atoms with Gasteiger partial charge in [-0.1, -0.05) is 31.9 Å². The highest BCUT2D eigenvalue weighted by molar-refractivity contribution is 9.10. The zero-order valence-electron chi connectivity index (χ0n) is 10.7. The zero-order valence-corrected chi connectivity index (χ0v) is 13.8. The van der Waals surface area contributed by atoms with Crippen LogP contribution in [0.2, 0.25) is 0 Å². The van der Waals surface area contributed by atoms with Gasteiger partial charge in [-0.05, 0) is 44.9 Å². The molecule has 1 rings (SSSR count). The topological polar surface area (TPSA) is 33.0 Å². The van der Waals surface area contributed by atoms with Gasteiger partial charge >= 0.3 is 0 Å². The molecule has 0 amide bonds. The smallest absolute Gasteiger partial charge is 0.123 e. The van der Waals surface area contributed by atoms with E-state index in [0.29, 0.717) is 6.61 Å². The third kappa shape index (κ3) is 4.99. The largest absolute Gasteiger partial charge is 0.493 e. The second-order valence-electron chi connectivity index (χ2n) is 4.83. The Morgan fingerprint density at radius 1 is 1.39 bits per heavy atom. The zero-order chi connectivity index (χ0) is 13.6. The molecule has 1 aromatic rings. The fourth-order valence-electron chi connectivity index (χ4n) is 1.55. The van der Waals surface area contributed by atoms with Gasteiger partial charge in [0.15, 0.2) is 0 Å². The van der Waals surface area contributed by atoms with Crippen molar-refractivity contribution in [3.63, 3.8) is 0 Å². The fraction of sp³-hybridized carbons (Fsp3) is 0.500. The van der Waals surface area contributed by atoms with Crippen LogP contribution in [0.1, 0.15) is 32.3 Å². The third-order valence-corrected chi connectivity index (χ3v) is 3.77. The van der Waals surface area contributed by atoms with Gasteiger partial charge in [0.25, 0.3) is 0 Å². The van der Waals surface area contributed by atoms with E-state index in [-0.39, 0.29) is 5.41 Å². The van der Waals surface area contributed by atoms with Gasteiger partial charge in [-0.3, -0.25) is 0 Å². The maximum Gasteiger partial charge on any atom is 0.123 e. The number of halogens is 2. The Bertz CT molecular complexity index is 438. The first-order valence-electron chi connectivity index (χ1n) is 5.87. The van der Waals surface area contributed by atoms with Crippen molar-refractivity contribution in [3.05, 3.63) is 28.2 Å². The van der Waals surface area contributed by atoms with Gasteiger partial charge in [-0.15, -0.1) is 0 Å². The second kappa shape index (κ2) is 7.16. The number of nitrogens with zero attached hydrogens (tertiary/aromatic N) is 1. The molecule has 0 spiro atoms. The van der Waals surface area contributed by atoms with Crippen LogP contribution in [-0.2, 0) is 5.33 Å². The molecule has 98 valence electrons. The van der Waals surface area contributed by atoms with E-state index in [0.717, 1.165) is 34.0 Å². The van der Waals surface area contributed by atoms with Gasteiger partial charge in [-0.25, -0.2) is 0 Å². The predicted octanol–water partition coefficient (Wildman–Crippen LogP) is 5.05. The van der Waals surface area contributed by atoms with Gasteiger partial charge in [0.05, 0.1) is 18.1 Å². The predicted molar refractivity (Wildman–Crippen MR) is 80.9 cm³/mol. The standard InChI is InChI=1S/C14H17Br2NO/c1-14(2,10-17)6-3-7-18-13-5-4-12(16)8-11(13)9-15/h4-5,8H,3,6-7,9H2,1-2H3. The van der Waals surface area contributed by atoms with Crippen LogP contribution >= 0.6 is 31.9 Å². The maximum atomic E-state index is 8.92. The minimum absolute atomic E-state index is 0.263. The molecule has 0 bridgehead atoms. The summed E-state index contributed by atoms with van der Waals surface area (Å²) in [4.78, 5) is 0. The van der Waals surface area contributed by atoms with E-state index in [1.165, 1.54) is 0 Å². The molecular weight excluding hydrogens is 358 g/mol. The summed E-state index contributed by atoms with van der Waals surface area (Å²) in [5.41, 5.74) is 0.866. The number of benzene rings is 1. The van der Waals surface area contributed by atoms with Crippen LogP contribution < -0.4 is 4.74 Å². The summed E-state index contributed by atoms with van der Waals surface area (Å²) in [5, 5.41) is 9.69. The number of hydrogen-bond acceptors (Lipinski definition) is 2. The Morgan fingerprint density at radius 2 is 2.11 bits per heavy atom. The molecule has 0 saturated carbocycles. The molecule has 0 N–H and O–H groups in total. The summed E-state index contributed by atoms with van der Waals surface area (Å²) in [7, 11) is 0. The molecule has 0 saturated heterocycles. The summed E-state index contributed by atoms with van der Waals surface area (Å²) in [6.45, 7) is 4.56. The Hall–Kier alpha value is -0.530. The van der Waals surface area contributed by atoms with E-state index < -0.39 is 0 Å². The molecule has 0 aromatic heterocycles. The summed E-state index contributed by atoms with van der Waals surface area (Å²) >= 11 is 6.89. The lowest BCUT2D eigenvalue weighted by molar-refractivity contribution is 0.282. The van der Waals surface area contributed by atoms with E-state index in [4.69, 9.17) is 10.00 Å². The molecule has 0 aliphatic carbocycles. The molecule has 1 aromatic carbocycles. The van der Waals surface area contributed by atoms with Gasteiger partial charge in [-0.2, -0.15) is 5.26 Å². The fourth-order valence-corrected chi connectivity index (χ4v) is 2.39. The highest BCUT2D eigenvalue weighted by atomic mass is 79.9. The van der Waals surface area contributed by atoms with Crippen molar-refractivity contribution in [3.8, 4) is 11.8 Å². The highest BCUT2D eigenvalue weighted by Gasteiger charge is 2.15. The normalized spacial score (nSPS) is 11.1. The maximum absolute atomic E-state index is 8.92. The van der Waals surface area contributed by atoms with E-state index in [9.17, 15) is 0 Å². The quantitative estimate of drug-likeness (QED) is 0.515. The SMILES string of the molecule is CC(C)(C#N)CCCOc1ccc(Br)cc1CBr. The van der Waals surface area contributed by atoms with Crippen LogP contribution in [0.3, 0.4) is 0 Å². The summed E-state index contributed by atoms with van der Waals surface area (Å²) < 4.78 is 6.81. The first-order chi connectivity index (χ1) is 8.48. The lowest BCUT2D eigenvalue weighted by Gasteiger charge is -2.15. The molecular formula is C14H17Br2NO. The van der Waals surface area contributed by atoms with Gasteiger partial charge in [0, 0.05) is 15.4 Å². The van der Waals surface area contributed by atoms with Gasteiger partial charge in [0.1, 0.15) is 5.75 Å². The van der Waals surface area contributed by atoms with Crippen molar-refractivity contribution in [2.45, 2.75) is 32.0 Å². The minimum Gasteiger partial charge on any atom is -0.493 e. The Balaban J connectivity index is 2.47. The number of hydrogen-bond donors (Lipinski definition) is 0. The van der Waals surface area contributed by atoms with Crippen molar-refractivity contribution < 1.29 is 4.74 Å². The molecule has 0 radical (unpaired) electrons. The molecule has 18 heavy (non-hydrogen) atoms. The van der Waals surface area contributed by atoms with Crippen LogP contribution in [0.5, 0.6) is 5.75 Å². The first kappa shape index (κ1) is 15.5. The lowest BCUT2D eigenvalue weighted by atomic mass is 9.90. The van der Waals surface area contributed by atoms with Crippen molar-refractivity contribution in [2.24, 2.45) is 5.41 Å². The van der Waals surface area contributed by atoms with Crippen LogP contribution in [0.25, 0.3) is 0 Å². The van der Waals surface area contributed by atoms with Crippen LogP contribution in [0.15, 0.2) is 22.7 Å². The van der Waals surface area contributed by atoms with Crippen molar-refractivity contribution >= 4 is 31.9 Å². The van der Waals surface area contributed by atoms with Crippen molar-refractivity contribution in [2.75, 3.05) is 6.61 Å². The number of rotatable bonds is 6. The Morgan fingerprint density at radius 3 is 2.72 bits per heavy atom. The average Bonchev–Trinajstić information content (AvgIpc) is 2.36. The number of nitriles is 1. The number of alkyl halides is 1. The second-order valence-corrected chi connectivity index (χ2v) is 6.31. The Kier molecular flexibility index (Phi) is 6.17. The summed E-state index contributed by atoms with van der Waals surface area (Å²) in [6, 6.07) is 8.29. The molecule has 0 heterocycles. The molecule has 0 unspecified atom stereocenters. The first-order valence-corrected chi connectivity index (χ1v) is 7.78. The molecule has 0 aliphatic heterocycles. The molecule has 0 aliphatic rings. The molecule has 0 atom stereocenters. The van der Waals surface area contributed by atoms with Crippen molar-refractivity contribution in [1.29, 1.82) is 5.26 Å². The van der Waals surface area contributed by atoms with E-state index in [1.807, 2.05) is 32.0 Å². The van der Waals surface area contributed by atoms with Gasteiger partial charge in [0.2, 0.25) is 0 Å².